The van der Waals surface area contributed by atoms with Crippen molar-refractivity contribution in [2.24, 2.45) is 0 Å². The summed E-state index contributed by atoms with van der Waals surface area (Å²) in [5.74, 6) is 0. The van der Waals surface area contributed by atoms with Gasteiger partial charge in [-0.3, -0.25) is 4.98 Å². The van der Waals surface area contributed by atoms with Gasteiger partial charge in [-0.1, -0.05) is 29.3 Å². The molecule has 0 aliphatic carbocycles. The molecule has 0 spiro atoms. The Bertz CT molecular complexity index is 530. The quantitative estimate of drug-likeness (QED) is 0.622. The first-order valence-corrected chi connectivity index (χ1v) is 5.60. The van der Waals surface area contributed by atoms with Crippen molar-refractivity contribution in [3.63, 3.8) is 0 Å². The average molecular weight is 443 g/mol. The molecule has 2 aromatic rings. The molecule has 0 fully saturated rings. The molecular formula is C12H10Cl2N2Os. The van der Waals surface area contributed by atoms with Crippen molar-refractivity contribution in [3.8, 4) is 11.4 Å². The van der Waals surface area contributed by atoms with E-state index in [2.05, 4.69) is 9.97 Å². The summed E-state index contributed by atoms with van der Waals surface area (Å²) in [6.45, 7) is 3.90. The summed E-state index contributed by atoms with van der Waals surface area (Å²) in [5.41, 5.74) is 3.55. The summed E-state index contributed by atoms with van der Waals surface area (Å²) in [4.78, 5) is 8.53. The van der Waals surface area contributed by atoms with Crippen molar-refractivity contribution in [1.29, 1.82) is 0 Å². The van der Waals surface area contributed by atoms with Crippen molar-refractivity contribution < 1.29 is 19.8 Å². The molecule has 0 amide bonds. The van der Waals surface area contributed by atoms with Crippen LogP contribution < -0.4 is 0 Å². The van der Waals surface area contributed by atoms with E-state index >= 15 is 0 Å². The van der Waals surface area contributed by atoms with Gasteiger partial charge in [0.1, 0.15) is 5.15 Å². The van der Waals surface area contributed by atoms with Crippen molar-refractivity contribution in [2.45, 2.75) is 13.8 Å². The molecule has 0 unspecified atom stereocenters. The maximum absolute atomic E-state index is 6.03. The first kappa shape index (κ1) is 14.6. The molecule has 17 heavy (non-hydrogen) atoms. The minimum Gasteiger partial charge on any atom is -0.255 e. The molecule has 0 saturated heterocycles. The van der Waals surface area contributed by atoms with Gasteiger partial charge in [-0.15, -0.1) is 0 Å². The van der Waals surface area contributed by atoms with Crippen LogP contribution in [0.1, 0.15) is 11.1 Å². The van der Waals surface area contributed by atoms with E-state index in [1.54, 1.807) is 6.20 Å². The van der Waals surface area contributed by atoms with Crippen LogP contribution in [0.15, 0.2) is 24.4 Å². The third kappa shape index (κ3) is 2.85. The third-order valence-electron chi connectivity index (χ3n) is 2.55. The molecule has 0 N–H and O–H groups in total. The van der Waals surface area contributed by atoms with Crippen LogP contribution in [-0.2, 0) is 19.8 Å². The second-order valence-corrected chi connectivity index (χ2v) is 4.27. The van der Waals surface area contributed by atoms with E-state index in [0.717, 1.165) is 22.5 Å². The second-order valence-electron chi connectivity index (χ2n) is 3.53. The molecule has 5 heteroatoms. The Morgan fingerprint density at radius 2 is 1.76 bits per heavy atom. The van der Waals surface area contributed by atoms with Gasteiger partial charge >= 0.3 is 0 Å². The molecule has 0 aliphatic rings. The Balaban J connectivity index is 0.00000144. The topological polar surface area (TPSA) is 25.8 Å². The van der Waals surface area contributed by atoms with E-state index < -0.39 is 0 Å². The first-order valence-electron chi connectivity index (χ1n) is 4.85. The molecule has 2 heterocycles. The summed E-state index contributed by atoms with van der Waals surface area (Å²) in [5, 5.41) is 0.837. The van der Waals surface area contributed by atoms with Crippen LogP contribution in [-0.4, -0.2) is 9.97 Å². The van der Waals surface area contributed by atoms with Gasteiger partial charge in [0, 0.05) is 26.0 Å². The normalized spacial score (nSPS) is 9.88. The number of nitrogens with zero attached hydrogens (tertiary/aromatic N) is 2. The molecule has 2 rings (SSSR count). The van der Waals surface area contributed by atoms with Gasteiger partial charge in [-0.2, -0.15) is 0 Å². The number of halogens is 2. The summed E-state index contributed by atoms with van der Waals surface area (Å²) >= 11 is 12.0. The van der Waals surface area contributed by atoms with Crippen LogP contribution in [0.4, 0.5) is 0 Å². The van der Waals surface area contributed by atoms with Gasteiger partial charge in [-0.05, 0) is 37.1 Å². The predicted octanol–water partition coefficient (Wildman–Crippen LogP) is 4.06. The Labute approximate surface area is 123 Å². The Morgan fingerprint density at radius 3 is 2.35 bits per heavy atom. The van der Waals surface area contributed by atoms with Crippen LogP contribution in [0.5, 0.6) is 0 Å². The van der Waals surface area contributed by atoms with E-state index in [9.17, 15) is 0 Å². The SMILES string of the molecule is Cc1c(-c2ccccn2)nc(Cl)c(Cl)c1C.[Os]. The summed E-state index contributed by atoms with van der Waals surface area (Å²) in [6, 6.07) is 5.68. The van der Waals surface area contributed by atoms with Gasteiger partial charge < -0.3 is 0 Å². The molecule has 2 nitrogen and oxygen atoms in total. The van der Waals surface area contributed by atoms with E-state index in [4.69, 9.17) is 23.2 Å². The fourth-order valence-electron chi connectivity index (χ4n) is 1.48. The monoisotopic (exact) mass is 444 g/mol. The summed E-state index contributed by atoms with van der Waals surface area (Å²) in [6.07, 6.45) is 1.73. The van der Waals surface area contributed by atoms with Gasteiger partial charge in [0.15, 0.2) is 0 Å². The molecule has 0 saturated carbocycles. The summed E-state index contributed by atoms with van der Waals surface area (Å²) < 4.78 is 0. The molecule has 2 aromatic heterocycles. The van der Waals surface area contributed by atoms with Crippen molar-refractivity contribution >= 4 is 23.2 Å². The fourth-order valence-corrected chi connectivity index (χ4v) is 1.89. The Kier molecular flexibility index (Phi) is 5.07. The van der Waals surface area contributed by atoms with E-state index in [1.807, 2.05) is 32.0 Å². The van der Waals surface area contributed by atoms with Gasteiger partial charge in [0.25, 0.3) is 0 Å². The number of hydrogen-bond donors (Lipinski definition) is 0. The van der Waals surface area contributed by atoms with Crippen LogP contribution >= 0.6 is 23.2 Å². The number of pyridine rings is 2. The van der Waals surface area contributed by atoms with Crippen molar-refractivity contribution in [1.82, 2.24) is 9.97 Å². The number of hydrogen-bond acceptors (Lipinski definition) is 2. The van der Waals surface area contributed by atoms with Crippen LogP contribution in [0.2, 0.25) is 10.2 Å². The van der Waals surface area contributed by atoms with Crippen molar-refractivity contribution in [2.75, 3.05) is 0 Å². The third-order valence-corrected chi connectivity index (χ3v) is 3.38. The Morgan fingerprint density at radius 1 is 1.06 bits per heavy atom. The molecule has 0 aromatic carbocycles. The molecule has 0 aliphatic heterocycles. The van der Waals surface area contributed by atoms with Crippen molar-refractivity contribution in [3.05, 3.63) is 45.7 Å². The predicted molar refractivity (Wildman–Crippen MR) is 67.0 cm³/mol. The number of aromatic nitrogens is 2. The minimum atomic E-state index is 0. The smallest absolute Gasteiger partial charge is 0.148 e. The second kappa shape index (κ2) is 5.91. The van der Waals surface area contributed by atoms with Gasteiger partial charge in [0.2, 0.25) is 0 Å². The van der Waals surface area contributed by atoms with Crippen LogP contribution in [0, 0.1) is 13.8 Å². The Hall–Kier alpha value is -0.484. The zero-order valence-electron chi connectivity index (χ0n) is 9.31. The van der Waals surface area contributed by atoms with E-state index in [1.165, 1.54) is 0 Å². The van der Waals surface area contributed by atoms with E-state index in [-0.39, 0.29) is 19.8 Å². The van der Waals surface area contributed by atoms with Gasteiger partial charge in [0.05, 0.1) is 16.4 Å². The maximum Gasteiger partial charge on any atom is 0.148 e. The first-order chi connectivity index (χ1) is 7.61. The maximum atomic E-state index is 6.03. The number of rotatable bonds is 1. The molecule has 0 atom stereocenters. The average Bonchev–Trinajstić information content (AvgIpc) is 2.32. The molecular weight excluding hydrogens is 433 g/mol. The van der Waals surface area contributed by atoms with Gasteiger partial charge in [-0.25, -0.2) is 4.98 Å². The molecule has 0 radical (unpaired) electrons. The summed E-state index contributed by atoms with van der Waals surface area (Å²) in [7, 11) is 0. The van der Waals surface area contributed by atoms with Crippen LogP contribution in [0.3, 0.4) is 0 Å². The molecule has 90 valence electrons. The molecule has 0 bridgehead atoms. The minimum absolute atomic E-state index is 0. The zero-order chi connectivity index (χ0) is 11.7. The standard InChI is InChI=1S/C12H10Cl2N2.Os/c1-7-8(2)11(16-12(14)10(7)13)9-5-3-4-6-15-9;/h3-6H,1-2H3;. The fraction of sp³-hybridized carbons (Fsp3) is 0.167. The van der Waals surface area contributed by atoms with E-state index in [0.29, 0.717) is 10.2 Å². The van der Waals surface area contributed by atoms with Crippen LogP contribution in [0.25, 0.3) is 11.4 Å². The zero-order valence-corrected chi connectivity index (χ0v) is 13.4. The largest absolute Gasteiger partial charge is 0.255 e.